The molecule has 0 saturated carbocycles. The van der Waals surface area contributed by atoms with Gasteiger partial charge in [0.15, 0.2) is 0 Å². The summed E-state index contributed by atoms with van der Waals surface area (Å²) in [6, 6.07) is 12.7. The van der Waals surface area contributed by atoms with E-state index in [2.05, 4.69) is 36.5 Å². The van der Waals surface area contributed by atoms with E-state index in [1.165, 1.54) is 22.4 Å². The molecule has 1 aliphatic rings. The number of halogens is 1. The van der Waals surface area contributed by atoms with Gasteiger partial charge in [0.1, 0.15) is 0 Å². The number of rotatable bonds is 1. The number of fused-ring (bicyclic) bond motifs is 1. The Bertz CT molecular complexity index is 575. The fourth-order valence-electron chi connectivity index (χ4n) is 2.38. The second-order valence-corrected chi connectivity index (χ2v) is 4.87. The van der Waals surface area contributed by atoms with E-state index >= 15 is 0 Å². The Morgan fingerprint density at radius 2 is 2.06 bits per heavy atom. The third-order valence-electron chi connectivity index (χ3n) is 3.40. The van der Waals surface area contributed by atoms with E-state index in [1.807, 2.05) is 12.1 Å². The van der Waals surface area contributed by atoms with Crippen molar-refractivity contribution in [3.8, 4) is 11.1 Å². The van der Waals surface area contributed by atoms with Gasteiger partial charge < -0.3 is 5.32 Å². The molecule has 0 aromatic heterocycles. The van der Waals surface area contributed by atoms with Gasteiger partial charge in [0.25, 0.3) is 0 Å². The van der Waals surface area contributed by atoms with Gasteiger partial charge in [-0.2, -0.15) is 0 Å². The Labute approximate surface area is 106 Å². The molecule has 0 unspecified atom stereocenters. The summed E-state index contributed by atoms with van der Waals surface area (Å²) in [6.45, 7) is 3.12. The molecule has 1 N–H and O–H groups in total. The van der Waals surface area contributed by atoms with Gasteiger partial charge in [-0.1, -0.05) is 35.9 Å². The Morgan fingerprint density at radius 3 is 2.94 bits per heavy atom. The van der Waals surface area contributed by atoms with Crippen molar-refractivity contribution in [1.82, 2.24) is 0 Å². The quantitative estimate of drug-likeness (QED) is 0.788. The minimum absolute atomic E-state index is 0.830. The van der Waals surface area contributed by atoms with E-state index in [4.69, 9.17) is 11.6 Å². The van der Waals surface area contributed by atoms with Gasteiger partial charge >= 0.3 is 0 Å². The fraction of sp³-hybridized carbons (Fsp3) is 0.200. The summed E-state index contributed by atoms with van der Waals surface area (Å²) in [4.78, 5) is 0. The van der Waals surface area contributed by atoms with Crippen molar-refractivity contribution in [3.63, 3.8) is 0 Å². The minimum Gasteiger partial charge on any atom is -0.384 e. The molecule has 1 nitrogen and oxygen atoms in total. The van der Waals surface area contributed by atoms with Gasteiger partial charge in [0.2, 0.25) is 0 Å². The van der Waals surface area contributed by atoms with Gasteiger partial charge in [-0.3, -0.25) is 0 Å². The number of nitrogens with one attached hydrogen (secondary N) is 1. The molecule has 0 aliphatic carbocycles. The van der Waals surface area contributed by atoms with E-state index in [9.17, 15) is 0 Å². The van der Waals surface area contributed by atoms with Crippen LogP contribution in [0.3, 0.4) is 0 Å². The molecular weight excluding hydrogens is 230 g/mol. The number of anilines is 1. The first-order valence-corrected chi connectivity index (χ1v) is 6.26. The lowest BCUT2D eigenvalue weighted by Crippen LogP contribution is -1.91. The maximum absolute atomic E-state index is 6.17. The average molecular weight is 244 g/mol. The van der Waals surface area contributed by atoms with E-state index in [-0.39, 0.29) is 0 Å². The molecule has 0 amide bonds. The standard InChI is InChI=1S/C15H14ClN/c1-10-13(3-2-4-14(10)16)12-6-5-11-7-8-17-15(11)9-12/h2-6,9,17H,7-8H2,1H3. The van der Waals surface area contributed by atoms with E-state index in [0.717, 1.165) is 23.6 Å². The molecule has 1 heterocycles. The molecule has 0 atom stereocenters. The fourth-order valence-corrected chi connectivity index (χ4v) is 2.55. The Balaban J connectivity index is 2.13. The zero-order chi connectivity index (χ0) is 11.8. The van der Waals surface area contributed by atoms with Crippen molar-refractivity contribution in [2.45, 2.75) is 13.3 Å². The zero-order valence-corrected chi connectivity index (χ0v) is 10.5. The molecule has 0 fully saturated rings. The zero-order valence-electron chi connectivity index (χ0n) is 9.76. The Morgan fingerprint density at radius 1 is 1.18 bits per heavy atom. The lowest BCUT2D eigenvalue weighted by atomic mass is 9.98. The smallest absolute Gasteiger partial charge is 0.0441 e. The molecule has 2 heteroatoms. The topological polar surface area (TPSA) is 12.0 Å². The van der Waals surface area contributed by atoms with Crippen LogP contribution in [0.25, 0.3) is 11.1 Å². The highest BCUT2D eigenvalue weighted by atomic mass is 35.5. The maximum Gasteiger partial charge on any atom is 0.0441 e. The summed E-state index contributed by atoms with van der Waals surface area (Å²) in [5.74, 6) is 0. The lowest BCUT2D eigenvalue weighted by molar-refractivity contribution is 1.11. The van der Waals surface area contributed by atoms with Crippen LogP contribution in [-0.2, 0) is 6.42 Å². The first-order valence-electron chi connectivity index (χ1n) is 5.88. The van der Waals surface area contributed by atoms with Gasteiger partial charge in [0, 0.05) is 17.3 Å². The largest absolute Gasteiger partial charge is 0.384 e. The van der Waals surface area contributed by atoms with E-state index in [1.54, 1.807) is 0 Å². The summed E-state index contributed by atoms with van der Waals surface area (Å²) in [6.07, 6.45) is 1.13. The van der Waals surface area contributed by atoms with Crippen LogP contribution < -0.4 is 5.32 Å². The molecule has 17 heavy (non-hydrogen) atoms. The molecule has 2 aromatic rings. The number of hydrogen-bond acceptors (Lipinski definition) is 1. The highest BCUT2D eigenvalue weighted by molar-refractivity contribution is 6.31. The van der Waals surface area contributed by atoms with Gasteiger partial charge in [-0.05, 0) is 47.7 Å². The normalized spacial score (nSPS) is 13.3. The monoisotopic (exact) mass is 243 g/mol. The van der Waals surface area contributed by atoms with Crippen LogP contribution in [-0.4, -0.2) is 6.54 Å². The van der Waals surface area contributed by atoms with Crippen molar-refractivity contribution in [1.29, 1.82) is 0 Å². The second kappa shape index (κ2) is 4.08. The molecule has 86 valence electrons. The maximum atomic E-state index is 6.17. The summed E-state index contributed by atoms with van der Waals surface area (Å²) in [5.41, 5.74) is 6.27. The molecule has 0 spiro atoms. The average Bonchev–Trinajstić information content (AvgIpc) is 2.79. The molecule has 0 radical (unpaired) electrons. The Kier molecular flexibility index (Phi) is 2.56. The van der Waals surface area contributed by atoms with Crippen molar-refractivity contribution in [3.05, 3.63) is 52.5 Å². The minimum atomic E-state index is 0.830. The molecular formula is C15H14ClN. The van der Waals surface area contributed by atoms with Crippen LogP contribution in [0.1, 0.15) is 11.1 Å². The molecule has 0 bridgehead atoms. The number of hydrogen-bond donors (Lipinski definition) is 1. The van der Waals surface area contributed by atoms with Gasteiger partial charge in [0.05, 0.1) is 0 Å². The van der Waals surface area contributed by atoms with Crippen LogP contribution in [0.2, 0.25) is 5.02 Å². The van der Waals surface area contributed by atoms with Crippen LogP contribution in [0.5, 0.6) is 0 Å². The predicted octanol–water partition coefficient (Wildman–Crippen LogP) is 4.28. The lowest BCUT2D eigenvalue weighted by Gasteiger charge is -2.09. The second-order valence-electron chi connectivity index (χ2n) is 4.46. The van der Waals surface area contributed by atoms with Crippen molar-refractivity contribution < 1.29 is 0 Å². The van der Waals surface area contributed by atoms with Crippen molar-refractivity contribution >= 4 is 17.3 Å². The van der Waals surface area contributed by atoms with Crippen LogP contribution in [0.15, 0.2) is 36.4 Å². The number of benzene rings is 2. The molecule has 0 saturated heterocycles. The van der Waals surface area contributed by atoms with E-state index in [0.29, 0.717) is 0 Å². The first-order chi connectivity index (χ1) is 8.25. The van der Waals surface area contributed by atoms with Crippen LogP contribution in [0.4, 0.5) is 5.69 Å². The van der Waals surface area contributed by atoms with Crippen LogP contribution >= 0.6 is 11.6 Å². The van der Waals surface area contributed by atoms with Crippen molar-refractivity contribution in [2.75, 3.05) is 11.9 Å². The third-order valence-corrected chi connectivity index (χ3v) is 3.81. The summed E-state index contributed by atoms with van der Waals surface area (Å²) < 4.78 is 0. The van der Waals surface area contributed by atoms with Crippen LogP contribution in [0, 0.1) is 6.92 Å². The predicted molar refractivity (Wildman–Crippen MR) is 73.8 cm³/mol. The van der Waals surface area contributed by atoms with Gasteiger partial charge in [-0.15, -0.1) is 0 Å². The highest BCUT2D eigenvalue weighted by Crippen LogP contribution is 2.32. The summed E-state index contributed by atoms with van der Waals surface area (Å²) in [5, 5.41) is 4.24. The molecule has 2 aromatic carbocycles. The summed E-state index contributed by atoms with van der Waals surface area (Å²) in [7, 11) is 0. The van der Waals surface area contributed by atoms with Gasteiger partial charge in [-0.25, -0.2) is 0 Å². The summed E-state index contributed by atoms with van der Waals surface area (Å²) >= 11 is 6.17. The third kappa shape index (κ3) is 1.81. The molecule has 3 rings (SSSR count). The van der Waals surface area contributed by atoms with E-state index < -0.39 is 0 Å². The Hall–Kier alpha value is -1.47. The SMILES string of the molecule is Cc1c(Cl)cccc1-c1ccc2c(c1)NCC2. The first kappa shape index (κ1) is 10.7. The molecule has 1 aliphatic heterocycles. The van der Waals surface area contributed by atoms with Crippen molar-refractivity contribution in [2.24, 2.45) is 0 Å². The highest BCUT2D eigenvalue weighted by Gasteiger charge is 2.12.